The fourth-order valence-electron chi connectivity index (χ4n) is 1.69. The molecule has 2 rings (SSSR count). The SMILES string of the molecule is CCCc1cc(=O)[nH]c(S[C@H](C)C(=O)NC2CC2)n1. The van der Waals surface area contributed by atoms with Crippen LogP contribution < -0.4 is 10.9 Å². The van der Waals surface area contributed by atoms with E-state index in [1.54, 1.807) is 0 Å². The molecule has 0 spiro atoms. The van der Waals surface area contributed by atoms with Crippen LogP contribution in [-0.2, 0) is 11.2 Å². The molecule has 1 atom stereocenters. The van der Waals surface area contributed by atoms with Gasteiger partial charge in [0.2, 0.25) is 5.91 Å². The van der Waals surface area contributed by atoms with Crippen LogP contribution in [0.5, 0.6) is 0 Å². The lowest BCUT2D eigenvalue weighted by Crippen LogP contribution is -2.32. The Labute approximate surface area is 116 Å². The van der Waals surface area contributed by atoms with E-state index in [1.165, 1.54) is 17.8 Å². The highest BCUT2D eigenvalue weighted by atomic mass is 32.2. The van der Waals surface area contributed by atoms with Crippen molar-refractivity contribution in [1.29, 1.82) is 0 Å². The average molecular weight is 281 g/mol. The lowest BCUT2D eigenvalue weighted by molar-refractivity contribution is -0.120. The molecule has 104 valence electrons. The van der Waals surface area contributed by atoms with Crippen LogP contribution in [0.25, 0.3) is 0 Å². The Balaban J connectivity index is 2.00. The Morgan fingerprint density at radius 1 is 1.63 bits per heavy atom. The quantitative estimate of drug-likeness (QED) is 0.612. The summed E-state index contributed by atoms with van der Waals surface area (Å²) in [6.07, 6.45) is 3.87. The fourth-order valence-corrected chi connectivity index (χ4v) is 2.53. The summed E-state index contributed by atoms with van der Waals surface area (Å²) in [6, 6.07) is 1.87. The lowest BCUT2D eigenvalue weighted by atomic mass is 10.2. The Morgan fingerprint density at radius 2 is 2.37 bits per heavy atom. The van der Waals surface area contributed by atoms with Crippen molar-refractivity contribution < 1.29 is 4.79 Å². The third-order valence-corrected chi connectivity index (χ3v) is 3.84. The third kappa shape index (κ3) is 4.38. The first-order chi connectivity index (χ1) is 9.08. The predicted molar refractivity (Wildman–Crippen MR) is 75.3 cm³/mol. The van der Waals surface area contributed by atoms with Gasteiger partial charge in [-0.2, -0.15) is 0 Å². The number of amides is 1. The lowest BCUT2D eigenvalue weighted by Gasteiger charge is -2.11. The first kappa shape index (κ1) is 14.1. The smallest absolute Gasteiger partial charge is 0.251 e. The molecule has 1 amide bonds. The maximum Gasteiger partial charge on any atom is 0.251 e. The van der Waals surface area contributed by atoms with Crippen molar-refractivity contribution in [3.05, 3.63) is 22.1 Å². The number of aromatic nitrogens is 2. The van der Waals surface area contributed by atoms with E-state index >= 15 is 0 Å². The van der Waals surface area contributed by atoms with Crippen molar-refractivity contribution in [3.63, 3.8) is 0 Å². The number of thioether (sulfide) groups is 1. The van der Waals surface area contributed by atoms with Gasteiger partial charge in [0.05, 0.1) is 5.25 Å². The Hall–Kier alpha value is -1.30. The van der Waals surface area contributed by atoms with Gasteiger partial charge < -0.3 is 10.3 Å². The van der Waals surface area contributed by atoms with Gasteiger partial charge >= 0.3 is 0 Å². The number of H-pyrrole nitrogens is 1. The highest BCUT2D eigenvalue weighted by Gasteiger charge is 2.26. The second kappa shape index (κ2) is 6.23. The zero-order valence-corrected chi connectivity index (χ0v) is 12.0. The Kier molecular flexibility index (Phi) is 4.63. The molecule has 1 saturated carbocycles. The van der Waals surface area contributed by atoms with E-state index in [2.05, 4.69) is 15.3 Å². The predicted octanol–water partition coefficient (Wildman–Crippen LogP) is 1.48. The van der Waals surface area contributed by atoms with Crippen LogP contribution in [0.1, 0.15) is 38.8 Å². The maximum absolute atomic E-state index is 11.8. The van der Waals surface area contributed by atoms with Gasteiger partial charge in [-0.3, -0.25) is 9.59 Å². The van der Waals surface area contributed by atoms with Gasteiger partial charge in [-0.25, -0.2) is 4.98 Å². The number of carbonyl (C=O) groups excluding carboxylic acids is 1. The van der Waals surface area contributed by atoms with Crippen molar-refractivity contribution in [2.24, 2.45) is 0 Å². The molecule has 0 aliphatic heterocycles. The van der Waals surface area contributed by atoms with Crippen molar-refractivity contribution in [1.82, 2.24) is 15.3 Å². The first-order valence-electron chi connectivity index (χ1n) is 6.65. The van der Waals surface area contributed by atoms with E-state index in [4.69, 9.17) is 0 Å². The number of nitrogens with one attached hydrogen (secondary N) is 2. The molecule has 0 unspecified atom stereocenters. The van der Waals surface area contributed by atoms with Gasteiger partial charge in [-0.05, 0) is 26.2 Å². The molecule has 2 N–H and O–H groups in total. The van der Waals surface area contributed by atoms with Gasteiger partial charge in [0.15, 0.2) is 5.16 Å². The molecule has 1 aliphatic carbocycles. The zero-order chi connectivity index (χ0) is 13.8. The van der Waals surface area contributed by atoms with Crippen LogP contribution in [0.2, 0.25) is 0 Å². The van der Waals surface area contributed by atoms with Crippen LogP contribution in [0.15, 0.2) is 16.0 Å². The normalized spacial score (nSPS) is 16.1. The van der Waals surface area contributed by atoms with Gasteiger partial charge in [0.25, 0.3) is 5.56 Å². The van der Waals surface area contributed by atoms with E-state index in [1.807, 2.05) is 13.8 Å². The molecule has 0 saturated heterocycles. The average Bonchev–Trinajstić information content (AvgIpc) is 3.12. The summed E-state index contributed by atoms with van der Waals surface area (Å²) in [7, 11) is 0. The minimum absolute atomic E-state index is 0.0102. The topological polar surface area (TPSA) is 74.8 Å². The van der Waals surface area contributed by atoms with Crippen molar-refractivity contribution in [3.8, 4) is 0 Å². The monoisotopic (exact) mass is 281 g/mol. The van der Waals surface area contributed by atoms with Crippen molar-refractivity contribution in [2.75, 3.05) is 0 Å². The fraction of sp³-hybridized carbons (Fsp3) is 0.615. The molecular weight excluding hydrogens is 262 g/mol. The molecule has 0 radical (unpaired) electrons. The summed E-state index contributed by atoms with van der Waals surface area (Å²) in [6.45, 7) is 3.87. The zero-order valence-electron chi connectivity index (χ0n) is 11.2. The van der Waals surface area contributed by atoms with Crippen LogP contribution >= 0.6 is 11.8 Å². The minimum Gasteiger partial charge on any atom is -0.352 e. The summed E-state index contributed by atoms with van der Waals surface area (Å²) in [5.41, 5.74) is 0.624. The first-order valence-corrected chi connectivity index (χ1v) is 7.53. The summed E-state index contributed by atoms with van der Waals surface area (Å²) in [5.74, 6) is 0.0102. The van der Waals surface area contributed by atoms with Crippen molar-refractivity contribution >= 4 is 17.7 Å². The summed E-state index contributed by atoms with van der Waals surface area (Å²) < 4.78 is 0. The molecule has 1 fully saturated rings. The molecule has 6 heteroatoms. The largest absolute Gasteiger partial charge is 0.352 e. The molecule has 1 aliphatic rings. The number of carbonyl (C=O) groups is 1. The number of hydrogen-bond acceptors (Lipinski definition) is 4. The van der Waals surface area contributed by atoms with Crippen LogP contribution in [0.3, 0.4) is 0 Å². The summed E-state index contributed by atoms with van der Waals surface area (Å²) in [5, 5.41) is 3.22. The summed E-state index contributed by atoms with van der Waals surface area (Å²) >= 11 is 1.30. The van der Waals surface area contributed by atoms with E-state index in [9.17, 15) is 9.59 Å². The number of nitrogens with zero attached hydrogens (tertiary/aromatic N) is 1. The maximum atomic E-state index is 11.8. The number of aromatic amines is 1. The molecular formula is C13H19N3O2S. The standard InChI is InChI=1S/C13H19N3O2S/c1-3-4-10-7-11(17)16-13(15-10)19-8(2)12(18)14-9-5-6-9/h7-9H,3-6H2,1-2H3,(H,14,18)(H,15,16,17)/t8-/m1/s1. The van der Waals surface area contributed by atoms with Gasteiger partial charge in [0, 0.05) is 17.8 Å². The molecule has 1 aromatic rings. The van der Waals surface area contributed by atoms with Crippen LogP contribution in [-0.4, -0.2) is 27.2 Å². The molecule has 1 aromatic heterocycles. The van der Waals surface area contributed by atoms with Gasteiger partial charge in [-0.15, -0.1) is 0 Å². The van der Waals surface area contributed by atoms with Crippen LogP contribution in [0.4, 0.5) is 0 Å². The summed E-state index contributed by atoms with van der Waals surface area (Å²) in [4.78, 5) is 30.4. The Morgan fingerprint density at radius 3 is 3.00 bits per heavy atom. The number of hydrogen-bond donors (Lipinski definition) is 2. The second-order valence-corrected chi connectivity index (χ2v) is 6.16. The second-order valence-electron chi connectivity index (χ2n) is 4.83. The molecule has 1 heterocycles. The highest BCUT2D eigenvalue weighted by molar-refractivity contribution is 8.00. The van der Waals surface area contributed by atoms with Crippen LogP contribution in [0, 0.1) is 0 Å². The van der Waals surface area contributed by atoms with Crippen molar-refractivity contribution in [2.45, 2.75) is 56.0 Å². The van der Waals surface area contributed by atoms with Gasteiger partial charge in [-0.1, -0.05) is 25.1 Å². The molecule has 0 aromatic carbocycles. The van der Waals surface area contributed by atoms with E-state index in [0.29, 0.717) is 11.2 Å². The molecule has 5 nitrogen and oxygen atoms in total. The molecule has 0 bridgehead atoms. The Bertz CT molecular complexity index is 511. The third-order valence-electron chi connectivity index (χ3n) is 2.86. The van der Waals surface area contributed by atoms with E-state index in [-0.39, 0.29) is 16.7 Å². The van der Waals surface area contributed by atoms with E-state index < -0.39 is 0 Å². The minimum atomic E-state index is -0.249. The number of aryl methyl sites for hydroxylation is 1. The van der Waals surface area contributed by atoms with Gasteiger partial charge in [0.1, 0.15) is 0 Å². The number of rotatable bonds is 6. The molecule has 19 heavy (non-hydrogen) atoms. The highest BCUT2D eigenvalue weighted by Crippen LogP contribution is 2.22. The van der Waals surface area contributed by atoms with E-state index in [0.717, 1.165) is 31.4 Å².